The summed E-state index contributed by atoms with van der Waals surface area (Å²) >= 11 is 0. The molecule has 7 nitrogen and oxygen atoms in total. The minimum Gasteiger partial charge on any atom is -0.483 e. The predicted octanol–water partition coefficient (Wildman–Crippen LogP) is 3.34. The van der Waals surface area contributed by atoms with Crippen LogP contribution in [0.1, 0.15) is 27.6 Å². The molecule has 1 saturated heterocycles. The number of piperazine rings is 1. The average molecular weight is 502 g/mol. The zero-order chi connectivity index (χ0) is 25.3. The van der Waals surface area contributed by atoms with Crippen molar-refractivity contribution in [2.75, 3.05) is 43.9 Å². The maximum absolute atomic E-state index is 14.5. The molecule has 2 aromatic carbocycles. The van der Waals surface area contributed by atoms with Crippen LogP contribution in [0.25, 0.3) is 0 Å². The van der Waals surface area contributed by atoms with E-state index in [4.69, 9.17) is 4.74 Å². The van der Waals surface area contributed by atoms with Gasteiger partial charge in [-0.2, -0.15) is 13.2 Å². The number of Topliss-reactive ketones (excluding diaryl/α,β-unsaturated/α-hetero) is 1. The van der Waals surface area contributed by atoms with Crippen molar-refractivity contribution in [3.05, 3.63) is 53.3 Å². The lowest BCUT2D eigenvalue weighted by atomic mass is 10.1. The van der Waals surface area contributed by atoms with Crippen molar-refractivity contribution >= 4 is 27.2 Å². The number of sulfone groups is 1. The number of amides is 1. The largest absolute Gasteiger partial charge is 0.483 e. The SMILES string of the molecule is CC(=O)c1ccc(N2CCN(C(=O)c3cc(S(C)(=O)=O)ccc3OCC(F)(F)F)CC2)c(F)c1. The number of hydrogen-bond donors (Lipinski definition) is 0. The fraction of sp³-hybridized carbons (Fsp3) is 0.364. The lowest BCUT2D eigenvalue weighted by Gasteiger charge is -2.36. The lowest BCUT2D eigenvalue weighted by molar-refractivity contribution is -0.153. The Bertz CT molecular complexity index is 1210. The highest BCUT2D eigenvalue weighted by Gasteiger charge is 2.31. The molecule has 1 aliphatic rings. The summed E-state index contributed by atoms with van der Waals surface area (Å²) in [5.41, 5.74) is 0.176. The van der Waals surface area contributed by atoms with Crippen LogP contribution in [0.15, 0.2) is 41.3 Å². The van der Waals surface area contributed by atoms with Crippen LogP contribution >= 0.6 is 0 Å². The van der Waals surface area contributed by atoms with E-state index in [9.17, 15) is 35.6 Å². The molecule has 0 aromatic heterocycles. The molecule has 34 heavy (non-hydrogen) atoms. The average Bonchev–Trinajstić information content (AvgIpc) is 2.76. The fourth-order valence-electron chi connectivity index (χ4n) is 3.50. The summed E-state index contributed by atoms with van der Waals surface area (Å²) in [7, 11) is -3.73. The number of carbonyl (C=O) groups excluding carboxylic acids is 2. The van der Waals surface area contributed by atoms with Crippen LogP contribution in [0.2, 0.25) is 0 Å². The molecule has 3 rings (SSSR count). The molecule has 12 heteroatoms. The summed E-state index contributed by atoms with van der Waals surface area (Å²) < 4.78 is 80.9. The van der Waals surface area contributed by atoms with Gasteiger partial charge in [0.2, 0.25) is 0 Å². The first-order valence-electron chi connectivity index (χ1n) is 10.1. The van der Waals surface area contributed by atoms with E-state index >= 15 is 0 Å². The summed E-state index contributed by atoms with van der Waals surface area (Å²) in [6, 6.07) is 7.20. The van der Waals surface area contributed by atoms with Crippen molar-refractivity contribution in [1.82, 2.24) is 4.90 Å². The number of rotatable bonds is 6. The molecule has 0 atom stereocenters. The summed E-state index contributed by atoms with van der Waals surface area (Å²) in [6.07, 6.45) is -3.74. The third-order valence-corrected chi connectivity index (χ3v) is 6.37. The minimum absolute atomic E-state index is 0.106. The number of ketones is 1. The highest BCUT2D eigenvalue weighted by Crippen LogP contribution is 2.28. The van der Waals surface area contributed by atoms with Gasteiger partial charge < -0.3 is 14.5 Å². The third kappa shape index (κ3) is 6.04. The standard InChI is InChI=1S/C22H22F4N2O5S/c1-14(29)15-3-5-19(18(23)11-15)27-7-9-28(10-8-27)21(30)17-12-16(34(2,31)32)4-6-20(17)33-13-22(24,25)26/h3-6,11-12H,7-10,13H2,1-2H3. The van der Waals surface area contributed by atoms with Gasteiger partial charge in [-0.3, -0.25) is 9.59 Å². The van der Waals surface area contributed by atoms with Gasteiger partial charge in [-0.15, -0.1) is 0 Å². The summed E-state index contributed by atoms with van der Waals surface area (Å²) in [5.74, 6) is -1.95. The van der Waals surface area contributed by atoms with Gasteiger partial charge in [0.15, 0.2) is 22.2 Å². The van der Waals surface area contributed by atoms with Gasteiger partial charge in [-0.1, -0.05) is 0 Å². The number of alkyl halides is 3. The molecule has 184 valence electrons. The van der Waals surface area contributed by atoms with Crippen LogP contribution in [0.5, 0.6) is 5.75 Å². The highest BCUT2D eigenvalue weighted by atomic mass is 32.2. The molecule has 0 spiro atoms. The summed E-state index contributed by atoms with van der Waals surface area (Å²) in [5, 5.41) is 0. The topological polar surface area (TPSA) is 84.0 Å². The predicted molar refractivity (Wildman–Crippen MR) is 116 cm³/mol. The van der Waals surface area contributed by atoms with Crippen LogP contribution in [-0.2, 0) is 9.84 Å². The molecule has 0 N–H and O–H groups in total. The van der Waals surface area contributed by atoms with Crippen molar-refractivity contribution < 1.29 is 40.3 Å². The maximum atomic E-state index is 14.5. The van der Waals surface area contributed by atoms with E-state index in [0.29, 0.717) is 0 Å². The highest BCUT2D eigenvalue weighted by molar-refractivity contribution is 7.90. The third-order valence-electron chi connectivity index (χ3n) is 5.26. The van der Waals surface area contributed by atoms with Crippen molar-refractivity contribution in [2.45, 2.75) is 18.0 Å². The van der Waals surface area contributed by atoms with Gasteiger partial charge in [0.05, 0.1) is 16.1 Å². The maximum Gasteiger partial charge on any atom is 0.422 e. The summed E-state index contributed by atoms with van der Waals surface area (Å²) in [6.45, 7) is 0.321. The normalized spacial score (nSPS) is 14.8. The zero-order valence-corrected chi connectivity index (χ0v) is 19.2. The first-order chi connectivity index (χ1) is 15.8. The molecule has 0 unspecified atom stereocenters. The molecular weight excluding hydrogens is 480 g/mol. The van der Waals surface area contributed by atoms with Crippen LogP contribution in [-0.4, -0.2) is 70.2 Å². The Balaban J connectivity index is 1.80. The molecule has 0 bridgehead atoms. The molecule has 1 amide bonds. The van der Waals surface area contributed by atoms with Crippen molar-refractivity contribution in [3.63, 3.8) is 0 Å². The van der Waals surface area contributed by atoms with Gasteiger partial charge in [-0.25, -0.2) is 12.8 Å². The monoisotopic (exact) mass is 502 g/mol. The number of benzene rings is 2. The second-order valence-electron chi connectivity index (χ2n) is 7.84. The van der Waals surface area contributed by atoms with Crippen LogP contribution in [0.4, 0.5) is 23.2 Å². The Labute approximate surface area is 193 Å². The molecule has 0 saturated carbocycles. The van der Waals surface area contributed by atoms with Crippen LogP contribution in [0, 0.1) is 5.82 Å². The van der Waals surface area contributed by atoms with E-state index in [1.807, 2.05) is 0 Å². The summed E-state index contributed by atoms with van der Waals surface area (Å²) in [4.78, 5) is 27.3. The van der Waals surface area contributed by atoms with E-state index in [2.05, 4.69) is 0 Å². The molecule has 0 aliphatic carbocycles. The Morgan fingerprint density at radius 3 is 2.21 bits per heavy atom. The molecule has 2 aromatic rings. The van der Waals surface area contributed by atoms with Crippen LogP contribution < -0.4 is 9.64 Å². The molecule has 1 aliphatic heterocycles. The first-order valence-corrected chi connectivity index (χ1v) is 12.0. The number of ether oxygens (including phenoxy) is 1. The minimum atomic E-state index is -4.65. The quantitative estimate of drug-likeness (QED) is 0.445. The fourth-order valence-corrected chi connectivity index (χ4v) is 4.14. The number of anilines is 1. The van der Waals surface area contributed by atoms with Gasteiger partial charge in [-0.05, 0) is 43.3 Å². The second kappa shape index (κ2) is 9.61. The van der Waals surface area contributed by atoms with Crippen molar-refractivity contribution in [2.24, 2.45) is 0 Å². The Morgan fingerprint density at radius 2 is 1.68 bits per heavy atom. The number of nitrogens with zero attached hydrogens (tertiary/aromatic N) is 2. The second-order valence-corrected chi connectivity index (χ2v) is 9.85. The molecule has 0 radical (unpaired) electrons. The van der Waals surface area contributed by atoms with E-state index in [1.54, 1.807) is 4.90 Å². The Hall–Kier alpha value is -3.15. The lowest BCUT2D eigenvalue weighted by Crippen LogP contribution is -2.49. The van der Waals surface area contributed by atoms with Gasteiger partial charge in [0, 0.05) is 38.0 Å². The van der Waals surface area contributed by atoms with Gasteiger partial charge >= 0.3 is 6.18 Å². The zero-order valence-electron chi connectivity index (χ0n) is 18.4. The van der Waals surface area contributed by atoms with E-state index in [-0.39, 0.29) is 59.4 Å². The molecular formula is C22H22F4N2O5S. The van der Waals surface area contributed by atoms with Gasteiger partial charge in [0.1, 0.15) is 11.6 Å². The van der Waals surface area contributed by atoms with Crippen LogP contribution in [0.3, 0.4) is 0 Å². The number of carbonyl (C=O) groups is 2. The van der Waals surface area contributed by atoms with E-state index < -0.39 is 34.3 Å². The van der Waals surface area contributed by atoms with E-state index in [0.717, 1.165) is 30.5 Å². The van der Waals surface area contributed by atoms with Crippen molar-refractivity contribution in [1.29, 1.82) is 0 Å². The van der Waals surface area contributed by atoms with Crippen molar-refractivity contribution in [3.8, 4) is 5.75 Å². The number of hydrogen-bond acceptors (Lipinski definition) is 6. The smallest absolute Gasteiger partial charge is 0.422 e. The molecule has 1 heterocycles. The van der Waals surface area contributed by atoms with E-state index in [1.165, 1.54) is 24.0 Å². The Kier molecular flexibility index (Phi) is 7.20. The first kappa shape index (κ1) is 25.5. The Morgan fingerprint density at radius 1 is 1.03 bits per heavy atom. The molecule has 1 fully saturated rings. The number of halogens is 4. The van der Waals surface area contributed by atoms with Gasteiger partial charge in [0.25, 0.3) is 5.91 Å².